The lowest BCUT2D eigenvalue weighted by molar-refractivity contribution is 0.377. The molecule has 0 rings (SSSR count). The first kappa shape index (κ1) is 6.60. The molecule has 1 atom stereocenters. The predicted molar refractivity (Wildman–Crippen MR) is 25.7 cm³/mol. The smallest absolute Gasteiger partial charge is 0.238 e. The van der Waals surface area contributed by atoms with Gasteiger partial charge < -0.3 is 0 Å². The van der Waals surface area contributed by atoms with Gasteiger partial charge in [-0.05, 0) is 13.0 Å². The fourth-order valence-corrected chi connectivity index (χ4v) is 0.339. The molecule has 0 saturated heterocycles. The van der Waals surface area contributed by atoms with E-state index in [1.165, 1.54) is 12.3 Å². The van der Waals surface area contributed by atoms with Crippen LogP contribution in [0.2, 0.25) is 0 Å². The van der Waals surface area contributed by atoms with Crippen LogP contribution < -0.4 is 0 Å². The van der Waals surface area contributed by atoms with Gasteiger partial charge in [0.1, 0.15) is 6.26 Å². The maximum atomic E-state index is 9.63. The molecule has 0 heterocycles. The second kappa shape index (κ2) is 3.78. The van der Waals surface area contributed by atoms with E-state index in [2.05, 4.69) is 4.52 Å². The molecule has 40 valence electrons. The van der Waals surface area contributed by atoms with E-state index in [1.807, 2.05) is 0 Å². The molecule has 0 aromatic rings. The van der Waals surface area contributed by atoms with Crippen LogP contribution in [0.25, 0.3) is 0 Å². The standard InChI is InChI=1S/C3H5O3P/c1-2-3-6-7(4)5/h2-3H,1H3/p+1/b3-2-. The molecule has 0 aromatic carbocycles. The van der Waals surface area contributed by atoms with Crippen LogP contribution in [0.4, 0.5) is 0 Å². The van der Waals surface area contributed by atoms with Crippen LogP contribution >= 0.6 is 8.25 Å². The third-order valence-corrected chi connectivity index (χ3v) is 0.589. The van der Waals surface area contributed by atoms with Gasteiger partial charge in [0.05, 0.1) is 0 Å². The summed E-state index contributed by atoms with van der Waals surface area (Å²) in [4.78, 5) is 7.92. The minimum Gasteiger partial charge on any atom is -0.238 e. The first-order valence-corrected chi connectivity index (χ1v) is 2.84. The van der Waals surface area contributed by atoms with E-state index in [1.54, 1.807) is 6.92 Å². The van der Waals surface area contributed by atoms with E-state index in [4.69, 9.17) is 4.89 Å². The Morgan fingerprint density at radius 1 is 1.86 bits per heavy atom. The molecule has 1 unspecified atom stereocenters. The van der Waals surface area contributed by atoms with E-state index < -0.39 is 8.25 Å². The zero-order chi connectivity index (χ0) is 5.70. The molecule has 4 heteroatoms. The second-order valence-electron chi connectivity index (χ2n) is 0.813. The zero-order valence-electron chi connectivity index (χ0n) is 3.87. The van der Waals surface area contributed by atoms with Gasteiger partial charge in [0, 0.05) is 4.57 Å². The second-order valence-corrected chi connectivity index (χ2v) is 1.50. The van der Waals surface area contributed by atoms with E-state index in [9.17, 15) is 4.57 Å². The Morgan fingerprint density at radius 3 is 2.57 bits per heavy atom. The number of allylic oxidation sites excluding steroid dienone is 1. The third-order valence-electron chi connectivity index (χ3n) is 0.287. The van der Waals surface area contributed by atoms with Crippen molar-refractivity contribution in [3.63, 3.8) is 0 Å². The Bertz CT molecular complexity index is 88.2. The van der Waals surface area contributed by atoms with Crippen LogP contribution in [0.15, 0.2) is 12.3 Å². The number of hydrogen-bond acceptors (Lipinski definition) is 2. The fourth-order valence-electron chi connectivity index (χ4n) is 0.113. The first-order valence-electron chi connectivity index (χ1n) is 1.71. The van der Waals surface area contributed by atoms with Crippen molar-refractivity contribution in [2.45, 2.75) is 6.92 Å². The van der Waals surface area contributed by atoms with Crippen molar-refractivity contribution >= 4 is 8.25 Å². The van der Waals surface area contributed by atoms with Crippen molar-refractivity contribution in [3.8, 4) is 0 Å². The molecule has 0 fully saturated rings. The summed E-state index contributed by atoms with van der Waals surface area (Å²) >= 11 is 0. The number of hydrogen-bond donors (Lipinski definition) is 1. The molecule has 0 bridgehead atoms. The SMILES string of the molecule is C/C=C\O[P+](=O)O. The Morgan fingerprint density at radius 2 is 2.43 bits per heavy atom. The molecule has 0 saturated carbocycles. The Labute approximate surface area is 42.6 Å². The highest BCUT2D eigenvalue weighted by Gasteiger charge is 2.05. The van der Waals surface area contributed by atoms with Gasteiger partial charge in [-0.2, -0.15) is 0 Å². The topological polar surface area (TPSA) is 46.5 Å². The highest BCUT2D eigenvalue weighted by atomic mass is 31.1. The molecule has 0 aliphatic carbocycles. The molecule has 1 N–H and O–H groups in total. The summed E-state index contributed by atoms with van der Waals surface area (Å²) in [6.07, 6.45) is 2.70. The van der Waals surface area contributed by atoms with Gasteiger partial charge >= 0.3 is 8.25 Å². The average Bonchev–Trinajstić information content (AvgIpc) is 1.61. The summed E-state index contributed by atoms with van der Waals surface area (Å²) in [5.41, 5.74) is 0. The summed E-state index contributed by atoms with van der Waals surface area (Å²) < 4.78 is 13.7. The van der Waals surface area contributed by atoms with Crippen molar-refractivity contribution in [1.82, 2.24) is 0 Å². The molecule has 0 aromatic heterocycles. The lowest BCUT2D eigenvalue weighted by Crippen LogP contribution is -1.58. The third kappa shape index (κ3) is 5.60. The molecular weight excluding hydrogens is 115 g/mol. The van der Waals surface area contributed by atoms with Crippen LogP contribution in [0.3, 0.4) is 0 Å². The van der Waals surface area contributed by atoms with Crippen molar-refractivity contribution in [3.05, 3.63) is 12.3 Å². The Kier molecular flexibility index (Phi) is 3.56. The van der Waals surface area contributed by atoms with Crippen LogP contribution in [-0.2, 0) is 9.09 Å². The van der Waals surface area contributed by atoms with Gasteiger partial charge in [0.15, 0.2) is 0 Å². The van der Waals surface area contributed by atoms with Crippen molar-refractivity contribution in [2.24, 2.45) is 0 Å². The molecular formula is C3H6O3P+. The van der Waals surface area contributed by atoms with E-state index in [0.717, 1.165) is 0 Å². The zero-order valence-corrected chi connectivity index (χ0v) is 4.76. The van der Waals surface area contributed by atoms with Crippen molar-refractivity contribution in [1.29, 1.82) is 0 Å². The van der Waals surface area contributed by atoms with Crippen molar-refractivity contribution in [2.75, 3.05) is 0 Å². The molecule has 0 aliphatic heterocycles. The fraction of sp³-hybridized carbons (Fsp3) is 0.333. The molecule has 0 radical (unpaired) electrons. The molecule has 3 nitrogen and oxygen atoms in total. The Balaban J connectivity index is 3.14. The summed E-state index contributed by atoms with van der Waals surface area (Å²) in [6.45, 7) is 1.69. The van der Waals surface area contributed by atoms with Crippen molar-refractivity contribution < 1.29 is 14.0 Å². The van der Waals surface area contributed by atoms with Gasteiger partial charge in [-0.1, -0.05) is 0 Å². The van der Waals surface area contributed by atoms with Gasteiger partial charge in [0.25, 0.3) is 0 Å². The quantitative estimate of drug-likeness (QED) is 0.440. The maximum absolute atomic E-state index is 9.63. The first-order chi connectivity index (χ1) is 3.27. The summed E-state index contributed by atoms with van der Waals surface area (Å²) in [7, 11) is -2.44. The molecule has 0 amide bonds. The lowest BCUT2D eigenvalue weighted by atomic mass is 10.8. The van der Waals surface area contributed by atoms with E-state index >= 15 is 0 Å². The van der Waals surface area contributed by atoms with Crippen LogP contribution in [0.5, 0.6) is 0 Å². The lowest BCUT2D eigenvalue weighted by Gasteiger charge is -1.67. The van der Waals surface area contributed by atoms with Crippen LogP contribution in [0, 0.1) is 0 Å². The van der Waals surface area contributed by atoms with Gasteiger partial charge in [-0.25, -0.2) is 4.52 Å². The summed E-state index contributed by atoms with van der Waals surface area (Å²) in [5, 5.41) is 0. The van der Waals surface area contributed by atoms with Gasteiger partial charge in [-0.15, -0.1) is 4.89 Å². The maximum Gasteiger partial charge on any atom is 0.746 e. The number of rotatable bonds is 2. The highest BCUT2D eigenvalue weighted by Crippen LogP contribution is 2.13. The van der Waals surface area contributed by atoms with Crippen LogP contribution in [0.1, 0.15) is 6.92 Å². The van der Waals surface area contributed by atoms with Crippen LogP contribution in [-0.4, -0.2) is 4.89 Å². The van der Waals surface area contributed by atoms with E-state index in [-0.39, 0.29) is 0 Å². The van der Waals surface area contributed by atoms with Gasteiger partial charge in [0.2, 0.25) is 0 Å². The molecule has 0 spiro atoms. The molecule has 0 aliphatic rings. The minimum atomic E-state index is -2.44. The summed E-state index contributed by atoms with van der Waals surface area (Å²) in [6, 6.07) is 0. The monoisotopic (exact) mass is 121 g/mol. The predicted octanol–water partition coefficient (Wildman–Crippen LogP) is 1.19. The van der Waals surface area contributed by atoms with Gasteiger partial charge in [-0.3, -0.25) is 0 Å². The van der Waals surface area contributed by atoms with E-state index in [0.29, 0.717) is 0 Å². The largest absolute Gasteiger partial charge is 0.746 e. The summed E-state index contributed by atoms with van der Waals surface area (Å²) in [5.74, 6) is 0. The average molecular weight is 121 g/mol. The molecule has 7 heavy (non-hydrogen) atoms. The normalized spacial score (nSPS) is 12.0. The highest BCUT2D eigenvalue weighted by molar-refractivity contribution is 7.32. The minimum absolute atomic E-state index is 1.17. The Hall–Kier alpha value is -0.400.